The first-order valence-electron chi connectivity index (χ1n) is 7.55. The Morgan fingerprint density at radius 2 is 2.12 bits per heavy atom. The normalized spacial score (nSPS) is 11.5. The fourth-order valence-corrected chi connectivity index (χ4v) is 3.18. The van der Waals surface area contributed by atoms with Crippen molar-refractivity contribution in [3.63, 3.8) is 0 Å². The lowest BCUT2D eigenvalue weighted by Gasteiger charge is -2.12. The van der Waals surface area contributed by atoms with Gasteiger partial charge in [-0.25, -0.2) is 0 Å². The van der Waals surface area contributed by atoms with Crippen LogP contribution in [0, 0.1) is 0 Å². The molecule has 8 heteroatoms. The average Bonchev–Trinajstić information content (AvgIpc) is 2.96. The van der Waals surface area contributed by atoms with Crippen molar-refractivity contribution < 1.29 is 9.47 Å². The van der Waals surface area contributed by atoms with Gasteiger partial charge in [-0.3, -0.25) is 0 Å². The highest BCUT2D eigenvalue weighted by Crippen LogP contribution is 2.36. The molecule has 24 heavy (non-hydrogen) atoms. The van der Waals surface area contributed by atoms with Crippen molar-refractivity contribution in [2.45, 2.75) is 31.8 Å². The van der Waals surface area contributed by atoms with E-state index in [1.807, 2.05) is 25.3 Å². The van der Waals surface area contributed by atoms with Crippen LogP contribution in [0.1, 0.15) is 38.1 Å². The van der Waals surface area contributed by atoms with Crippen molar-refractivity contribution in [2.75, 3.05) is 20.0 Å². The molecule has 1 heterocycles. The van der Waals surface area contributed by atoms with Gasteiger partial charge in [0.1, 0.15) is 0 Å². The first kappa shape index (κ1) is 18.8. The number of ether oxygens (including phenoxy) is 2. The van der Waals surface area contributed by atoms with Crippen LogP contribution in [-0.4, -0.2) is 41.1 Å². The average molecular weight is 413 g/mol. The molecule has 0 saturated heterocycles. The van der Waals surface area contributed by atoms with Crippen molar-refractivity contribution in [2.24, 2.45) is 5.10 Å². The van der Waals surface area contributed by atoms with E-state index in [0.29, 0.717) is 18.1 Å². The van der Waals surface area contributed by atoms with Gasteiger partial charge in [0.05, 0.1) is 24.4 Å². The van der Waals surface area contributed by atoms with E-state index in [1.54, 1.807) is 18.0 Å². The van der Waals surface area contributed by atoms with Gasteiger partial charge in [-0.1, -0.05) is 25.6 Å². The molecule has 0 aliphatic rings. The monoisotopic (exact) mass is 412 g/mol. The molecule has 0 aliphatic heterocycles. The molecule has 2 rings (SSSR count). The predicted molar refractivity (Wildman–Crippen MR) is 101 cm³/mol. The molecule has 6 nitrogen and oxygen atoms in total. The molecule has 0 unspecified atom stereocenters. The minimum absolute atomic E-state index is 0.233. The van der Waals surface area contributed by atoms with Crippen molar-refractivity contribution in [3.8, 4) is 11.5 Å². The van der Waals surface area contributed by atoms with Gasteiger partial charge in [-0.15, -0.1) is 10.2 Å². The van der Waals surface area contributed by atoms with Gasteiger partial charge in [-0.05, 0) is 46.8 Å². The van der Waals surface area contributed by atoms with Crippen LogP contribution in [-0.2, 0) is 0 Å². The Morgan fingerprint density at radius 3 is 2.71 bits per heavy atom. The zero-order valence-corrected chi connectivity index (χ0v) is 16.8. The van der Waals surface area contributed by atoms with Crippen molar-refractivity contribution in [1.82, 2.24) is 14.9 Å². The minimum atomic E-state index is 0.233. The SMILES string of the molecule is CCOc1cc(/C=N\n2c(SC)nnc2C(C)C)cc(Br)c1OC. The summed E-state index contributed by atoms with van der Waals surface area (Å²) >= 11 is 5.02. The van der Waals surface area contributed by atoms with E-state index in [2.05, 4.69) is 45.1 Å². The van der Waals surface area contributed by atoms with Crippen LogP contribution in [0.15, 0.2) is 26.9 Å². The number of thioether (sulfide) groups is 1. The van der Waals surface area contributed by atoms with Crippen LogP contribution in [0.4, 0.5) is 0 Å². The summed E-state index contributed by atoms with van der Waals surface area (Å²) in [4.78, 5) is 0. The number of rotatable bonds is 7. The van der Waals surface area contributed by atoms with E-state index in [1.165, 1.54) is 11.8 Å². The molecular formula is C16H21BrN4O2S. The summed E-state index contributed by atoms with van der Waals surface area (Å²) in [7, 11) is 1.62. The molecular weight excluding hydrogens is 392 g/mol. The molecule has 0 atom stereocenters. The molecule has 0 bridgehead atoms. The van der Waals surface area contributed by atoms with Gasteiger partial charge < -0.3 is 9.47 Å². The Labute approximate surface area is 154 Å². The number of methoxy groups -OCH3 is 1. The van der Waals surface area contributed by atoms with E-state index in [9.17, 15) is 0 Å². The smallest absolute Gasteiger partial charge is 0.211 e. The van der Waals surface area contributed by atoms with E-state index < -0.39 is 0 Å². The first-order valence-corrected chi connectivity index (χ1v) is 9.57. The number of nitrogens with zero attached hydrogens (tertiary/aromatic N) is 4. The first-order chi connectivity index (χ1) is 11.5. The van der Waals surface area contributed by atoms with Crippen LogP contribution < -0.4 is 9.47 Å². The quantitative estimate of drug-likeness (QED) is 0.504. The molecule has 2 aromatic rings. The van der Waals surface area contributed by atoms with Gasteiger partial charge >= 0.3 is 0 Å². The Bertz CT molecular complexity index is 731. The van der Waals surface area contributed by atoms with Crippen LogP contribution >= 0.6 is 27.7 Å². The molecule has 1 aromatic carbocycles. The van der Waals surface area contributed by atoms with E-state index in [-0.39, 0.29) is 5.92 Å². The highest BCUT2D eigenvalue weighted by molar-refractivity contribution is 9.10. The van der Waals surface area contributed by atoms with E-state index >= 15 is 0 Å². The zero-order chi connectivity index (χ0) is 17.7. The highest BCUT2D eigenvalue weighted by Gasteiger charge is 2.14. The zero-order valence-electron chi connectivity index (χ0n) is 14.4. The van der Waals surface area contributed by atoms with Crippen molar-refractivity contribution in [3.05, 3.63) is 28.0 Å². The molecule has 1 aromatic heterocycles. The Morgan fingerprint density at radius 1 is 1.38 bits per heavy atom. The highest BCUT2D eigenvalue weighted by atomic mass is 79.9. The molecule has 130 valence electrons. The summed E-state index contributed by atoms with van der Waals surface area (Å²) < 4.78 is 13.6. The largest absolute Gasteiger partial charge is 0.492 e. The number of benzene rings is 1. The second-order valence-electron chi connectivity index (χ2n) is 5.22. The maximum absolute atomic E-state index is 5.64. The lowest BCUT2D eigenvalue weighted by molar-refractivity contribution is 0.310. The summed E-state index contributed by atoms with van der Waals surface area (Å²) in [6, 6.07) is 3.83. The maximum atomic E-state index is 5.64. The summed E-state index contributed by atoms with van der Waals surface area (Å²) in [6.45, 7) is 6.63. The maximum Gasteiger partial charge on any atom is 0.211 e. The van der Waals surface area contributed by atoms with Crippen molar-refractivity contribution in [1.29, 1.82) is 0 Å². The lowest BCUT2D eigenvalue weighted by atomic mass is 10.2. The standard InChI is InChI=1S/C16H21BrN4O2S/c1-6-23-13-8-11(7-12(17)14(13)22-4)9-18-21-15(10(2)3)19-20-16(21)24-5/h7-10H,6H2,1-5H3/b18-9-. The van der Waals surface area contributed by atoms with E-state index in [4.69, 9.17) is 9.47 Å². The van der Waals surface area contributed by atoms with Gasteiger partial charge in [-0.2, -0.15) is 9.78 Å². The van der Waals surface area contributed by atoms with Gasteiger partial charge in [0, 0.05) is 5.92 Å². The molecule has 0 aliphatic carbocycles. The number of aromatic nitrogens is 3. The van der Waals surface area contributed by atoms with Gasteiger partial charge in [0.15, 0.2) is 17.3 Å². The predicted octanol–water partition coefficient (Wildman–Crippen LogP) is 4.18. The fourth-order valence-electron chi connectivity index (χ4n) is 2.12. The summed E-state index contributed by atoms with van der Waals surface area (Å²) in [5, 5.41) is 13.7. The van der Waals surface area contributed by atoms with Crippen LogP contribution in [0.25, 0.3) is 0 Å². The Kier molecular flexibility index (Phi) is 6.68. The van der Waals surface area contributed by atoms with E-state index in [0.717, 1.165) is 21.0 Å². The topological polar surface area (TPSA) is 61.5 Å². The third kappa shape index (κ3) is 4.10. The molecule has 0 N–H and O–H groups in total. The van der Waals surface area contributed by atoms with Crippen molar-refractivity contribution >= 4 is 33.9 Å². The van der Waals surface area contributed by atoms with Crippen LogP contribution in [0.3, 0.4) is 0 Å². The lowest BCUT2D eigenvalue weighted by Crippen LogP contribution is -2.02. The summed E-state index contributed by atoms with van der Waals surface area (Å²) in [5.74, 6) is 2.41. The number of hydrogen-bond donors (Lipinski definition) is 0. The molecule has 0 saturated carbocycles. The Balaban J connectivity index is 2.41. The summed E-state index contributed by atoms with van der Waals surface area (Å²) in [6.07, 6.45) is 3.72. The number of hydrogen-bond acceptors (Lipinski definition) is 6. The third-order valence-corrected chi connectivity index (χ3v) is 4.40. The number of halogens is 1. The molecule has 0 amide bonds. The molecule has 0 radical (unpaired) electrons. The van der Waals surface area contributed by atoms with Gasteiger partial charge in [0.25, 0.3) is 0 Å². The molecule has 0 spiro atoms. The summed E-state index contributed by atoms with van der Waals surface area (Å²) in [5.41, 5.74) is 0.890. The second-order valence-corrected chi connectivity index (χ2v) is 6.85. The minimum Gasteiger partial charge on any atom is -0.492 e. The van der Waals surface area contributed by atoms with Crippen LogP contribution in [0.5, 0.6) is 11.5 Å². The second kappa shape index (κ2) is 8.53. The molecule has 0 fully saturated rings. The Hall–Kier alpha value is -1.54. The van der Waals surface area contributed by atoms with Crippen LogP contribution in [0.2, 0.25) is 0 Å². The van der Waals surface area contributed by atoms with Gasteiger partial charge in [0.2, 0.25) is 5.16 Å². The third-order valence-electron chi connectivity index (χ3n) is 3.19. The fraction of sp³-hybridized carbons (Fsp3) is 0.438.